The molecule has 1 aromatic heterocycles. The minimum Gasteiger partial charge on any atom is -0.481 e. The number of thioether (sulfide) groups is 1. The van der Waals surface area contributed by atoms with E-state index in [0.717, 1.165) is 18.1 Å². The Balaban J connectivity index is 1.94. The molecule has 0 aliphatic carbocycles. The molecule has 1 unspecified atom stereocenters. The number of carbonyl (C=O) groups is 1. The summed E-state index contributed by atoms with van der Waals surface area (Å²) in [5.74, 6) is 1.80. The predicted octanol–water partition coefficient (Wildman–Crippen LogP) is 2.26. The molecule has 1 aliphatic heterocycles. The van der Waals surface area contributed by atoms with Gasteiger partial charge in [0.2, 0.25) is 5.89 Å². The quantitative estimate of drug-likeness (QED) is 0.854. The van der Waals surface area contributed by atoms with Crippen LogP contribution in [0.4, 0.5) is 0 Å². The molecule has 2 rings (SSSR count). The van der Waals surface area contributed by atoms with E-state index in [-0.39, 0.29) is 6.42 Å². The maximum Gasteiger partial charge on any atom is 0.303 e. The minimum absolute atomic E-state index is 0.104. The van der Waals surface area contributed by atoms with Gasteiger partial charge in [-0.05, 0) is 18.6 Å². The smallest absolute Gasteiger partial charge is 0.303 e. The summed E-state index contributed by atoms with van der Waals surface area (Å²) in [6.07, 6.45) is 4.51. The molecular weight excluding hydrogens is 214 g/mol. The number of carboxylic acid groups (broad SMARTS) is 1. The molecule has 1 atom stereocenters. The number of nitrogens with zero attached hydrogens (tertiary/aromatic N) is 1. The molecule has 0 bridgehead atoms. The molecule has 0 aromatic carbocycles. The van der Waals surface area contributed by atoms with Crippen LogP contribution in [0.5, 0.6) is 0 Å². The van der Waals surface area contributed by atoms with E-state index in [4.69, 9.17) is 9.52 Å². The van der Waals surface area contributed by atoms with Gasteiger partial charge in [-0.2, -0.15) is 0 Å². The first kappa shape index (κ1) is 10.5. The molecule has 1 aliphatic rings. The van der Waals surface area contributed by atoms with Crippen molar-refractivity contribution in [2.45, 2.75) is 30.9 Å². The first-order valence-corrected chi connectivity index (χ1v) is 6.08. The van der Waals surface area contributed by atoms with Gasteiger partial charge >= 0.3 is 5.97 Å². The number of aryl methyl sites for hydroxylation is 1. The zero-order valence-corrected chi connectivity index (χ0v) is 9.13. The Hall–Kier alpha value is -0.970. The molecule has 15 heavy (non-hydrogen) atoms. The fraction of sp³-hybridized carbons (Fsp3) is 0.600. The third-order valence-corrected chi connectivity index (χ3v) is 3.73. The van der Waals surface area contributed by atoms with Crippen molar-refractivity contribution >= 4 is 17.7 Å². The van der Waals surface area contributed by atoms with Gasteiger partial charge in [0.15, 0.2) is 0 Å². The molecule has 0 radical (unpaired) electrons. The number of hydrogen-bond donors (Lipinski definition) is 1. The summed E-state index contributed by atoms with van der Waals surface area (Å²) in [7, 11) is 0. The molecule has 1 saturated heterocycles. The second kappa shape index (κ2) is 4.70. The highest BCUT2D eigenvalue weighted by molar-refractivity contribution is 7.99. The van der Waals surface area contributed by atoms with Gasteiger partial charge in [-0.1, -0.05) is 0 Å². The molecule has 5 heteroatoms. The van der Waals surface area contributed by atoms with Gasteiger partial charge in [-0.3, -0.25) is 4.79 Å². The highest BCUT2D eigenvalue weighted by Crippen LogP contribution is 2.39. The molecule has 0 saturated carbocycles. The van der Waals surface area contributed by atoms with Crippen LogP contribution in [0, 0.1) is 0 Å². The van der Waals surface area contributed by atoms with Crippen molar-refractivity contribution < 1.29 is 14.3 Å². The highest BCUT2D eigenvalue weighted by Gasteiger charge is 2.22. The lowest BCUT2D eigenvalue weighted by atomic mass is 10.2. The monoisotopic (exact) mass is 227 g/mol. The largest absolute Gasteiger partial charge is 0.481 e. The van der Waals surface area contributed by atoms with Crippen LogP contribution in [0.15, 0.2) is 10.6 Å². The Morgan fingerprint density at radius 2 is 2.60 bits per heavy atom. The van der Waals surface area contributed by atoms with Gasteiger partial charge in [0.25, 0.3) is 0 Å². The van der Waals surface area contributed by atoms with Gasteiger partial charge in [0, 0.05) is 6.42 Å². The average Bonchev–Trinajstić information content (AvgIpc) is 2.85. The standard InChI is InChI=1S/C10H13NO3S/c12-9(13)4-3-7-6-11-10(14-7)8-2-1-5-15-8/h6,8H,1-5H2,(H,12,13). The third-order valence-electron chi connectivity index (χ3n) is 2.36. The van der Waals surface area contributed by atoms with E-state index in [9.17, 15) is 4.79 Å². The van der Waals surface area contributed by atoms with Gasteiger partial charge < -0.3 is 9.52 Å². The summed E-state index contributed by atoms with van der Waals surface area (Å²) in [6.45, 7) is 0. The predicted molar refractivity (Wildman–Crippen MR) is 56.9 cm³/mol. The topological polar surface area (TPSA) is 63.3 Å². The van der Waals surface area contributed by atoms with Gasteiger partial charge in [-0.25, -0.2) is 4.98 Å². The minimum atomic E-state index is -0.803. The number of oxazole rings is 1. The molecule has 1 fully saturated rings. The van der Waals surface area contributed by atoms with E-state index < -0.39 is 5.97 Å². The first-order chi connectivity index (χ1) is 7.25. The summed E-state index contributed by atoms with van der Waals surface area (Å²) >= 11 is 1.86. The van der Waals surface area contributed by atoms with Crippen molar-refractivity contribution in [1.82, 2.24) is 4.98 Å². The van der Waals surface area contributed by atoms with Crippen molar-refractivity contribution in [2.24, 2.45) is 0 Å². The Kier molecular flexibility index (Phi) is 3.30. The molecule has 4 nitrogen and oxygen atoms in total. The van der Waals surface area contributed by atoms with E-state index >= 15 is 0 Å². The lowest BCUT2D eigenvalue weighted by Crippen LogP contribution is -1.96. The highest BCUT2D eigenvalue weighted by atomic mass is 32.2. The van der Waals surface area contributed by atoms with Crippen molar-refractivity contribution in [2.75, 3.05) is 5.75 Å². The summed E-state index contributed by atoms with van der Waals surface area (Å²) in [4.78, 5) is 14.6. The molecule has 0 spiro atoms. The van der Waals surface area contributed by atoms with E-state index in [2.05, 4.69) is 4.98 Å². The SMILES string of the molecule is O=C(O)CCc1cnc(C2CCCS2)o1. The Labute approximate surface area is 92.1 Å². The molecule has 82 valence electrons. The van der Waals surface area contributed by atoms with Crippen LogP contribution in [0.1, 0.15) is 36.2 Å². The average molecular weight is 227 g/mol. The number of rotatable bonds is 4. The summed E-state index contributed by atoms with van der Waals surface area (Å²) in [6, 6.07) is 0. The van der Waals surface area contributed by atoms with Crippen molar-refractivity contribution in [3.05, 3.63) is 17.8 Å². The second-order valence-corrected chi connectivity index (χ2v) is 4.87. The Morgan fingerprint density at radius 3 is 3.27 bits per heavy atom. The summed E-state index contributed by atoms with van der Waals surface area (Å²) in [5.41, 5.74) is 0. The van der Waals surface area contributed by atoms with Gasteiger partial charge in [0.05, 0.1) is 17.9 Å². The summed E-state index contributed by atoms with van der Waals surface area (Å²) in [5, 5.41) is 8.91. The number of aliphatic carboxylic acids is 1. The van der Waals surface area contributed by atoms with E-state index in [0.29, 0.717) is 17.4 Å². The van der Waals surface area contributed by atoms with Crippen LogP contribution in [0.3, 0.4) is 0 Å². The number of carboxylic acids is 1. The van der Waals surface area contributed by atoms with Gasteiger partial charge in [0.1, 0.15) is 5.76 Å². The van der Waals surface area contributed by atoms with Crippen LogP contribution >= 0.6 is 11.8 Å². The van der Waals surface area contributed by atoms with E-state index in [1.54, 1.807) is 6.20 Å². The molecule has 2 heterocycles. The van der Waals surface area contributed by atoms with Crippen molar-refractivity contribution in [1.29, 1.82) is 0 Å². The van der Waals surface area contributed by atoms with Gasteiger partial charge in [-0.15, -0.1) is 11.8 Å². The molecule has 1 aromatic rings. The maximum atomic E-state index is 10.4. The lowest BCUT2D eigenvalue weighted by molar-refractivity contribution is -0.137. The summed E-state index contributed by atoms with van der Waals surface area (Å²) < 4.78 is 5.52. The van der Waals surface area contributed by atoms with Crippen LogP contribution in [-0.4, -0.2) is 21.8 Å². The molecular formula is C10H13NO3S. The van der Waals surface area contributed by atoms with E-state index in [1.807, 2.05) is 11.8 Å². The fourth-order valence-electron chi connectivity index (χ4n) is 1.59. The van der Waals surface area contributed by atoms with Crippen LogP contribution < -0.4 is 0 Å². The Bertz CT molecular complexity index is 344. The van der Waals surface area contributed by atoms with E-state index in [1.165, 1.54) is 6.42 Å². The third kappa shape index (κ3) is 2.75. The zero-order chi connectivity index (χ0) is 10.7. The van der Waals surface area contributed by atoms with Crippen LogP contribution in [0.25, 0.3) is 0 Å². The number of aromatic nitrogens is 1. The van der Waals surface area contributed by atoms with Crippen molar-refractivity contribution in [3.63, 3.8) is 0 Å². The molecule has 0 amide bonds. The Morgan fingerprint density at radius 1 is 1.73 bits per heavy atom. The maximum absolute atomic E-state index is 10.4. The normalized spacial score (nSPS) is 20.7. The second-order valence-electron chi connectivity index (χ2n) is 3.56. The lowest BCUT2D eigenvalue weighted by Gasteiger charge is -2.01. The molecule has 1 N–H and O–H groups in total. The zero-order valence-electron chi connectivity index (χ0n) is 8.31. The number of hydrogen-bond acceptors (Lipinski definition) is 4. The first-order valence-electron chi connectivity index (χ1n) is 5.03. The fourth-order valence-corrected chi connectivity index (χ4v) is 2.79. The van der Waals surface area contributed by atoms with Crippen LogP contribution in [0.2, 0.25) is 0 Å². The van der Waals surface area contributed by atoms with Crippen LogP contribution in [-0.2, 0) is 11.2 Å². The van der Waals surface area contributed by atoms with Crippen molar-refractivity contribution in [3.8, 4) is 0 Å².